The van der Waals surface area contributed by atoms with Crippen LogP contribution in [-0.2, 0) is 4.79 Å². The van der Waals surface area contributed by atoms with Gasteiger partial charge in [0.25, 0.3) is 0 Å². The van der Waals surface area contributed by atoms with Gasteiger partial charge in [-0.3, -0.25) is 4.79 Å². The molecule has 0 bridgehead atoms. The minimum atomic E-state index is -1.58. The molecule has 17 heavy (non-hydrogen) atoms. The van der Waals surface area contributed by atoms with Gasteiger partial charge in [-0.15, -0.1) is 5.54 Å². The Hall–Kier alpha value is -0.553. The Morgan fingerprint density at radius 2 is 1.82 bits per heavy atom. The SMILES string of the molecule is CC(C)(C)[Si](C)(C)C#C[C@@]1(C)CCCCC1=O. The Balaban J connectivity index is 2.94. The predicted octanol–water partition coefficient (Wildman–Crippen LogP) is 4.19. The van der Waals surface area contributed by atoms with Crippen LogP contribution in [0.4, 0.5) is 0 Å². The molecule has 0 spiro atoms. The monoisotopic (exact) mass is 250 g/mol. The first-order valence-electron chi connectivity index (χ1n) is 6.66. The van der Waals surface area contributed by atoms with Crippen molar-refractivity contribution in [1.29, 1.82) is 0 Å². The number of ketones is 1. The van der Waals surface area contributed by atoms with Gasteiger partial charge in [-0.1, -0.05) is 46.2 Å². The van der Waals surface area contributed by atoms with E-state index in [1.807, 2.05) is 6.92 Å². The first-order chi connectivity index (χ1) is 7.58. The molecule has 1 fully saturated rings. The number of carbonyl (C=O) groups excluding carboxylic acids is 1. The Morgan fingerprint density at radius 3 is 2.29 bits per heavy atom. The van der Waals surface area contributed by atoms with Crippen LogP contribution in [0.5, 0.6) is 0 Å². The molecule has 1 aliphatic carbocycles. The van der Waals surface area contributed by atoms with Crippen molar-refractivity contribution in [2.45, 2.75) is 71.5 Å². The molecule has 0 aromatic carbocycles. The van der Waals surface area contributed by atoms with Gasteiger partial charge < -0.3 is 0 Å². The molecule has 1 rings (SSSR count). The fourth-order valence-corrected chi connectivity index (χ4v) is 2.76. The lowest BCUT2D eigenvalue weighted by Gasteiger charge is -2.33. The van der Waals surface area contributed by atoms with E-state index in [1.165, 1.54) is 0 Å². The fraction of sp³-hybridized carbons (Fsp3) is 0.800. The third-order valence-electron chi connectivity index (χ3n) is 4.47. The van der Waals surface area contributed by atoms with E-state index in [0.717, 1.165) is 25.7 Å². The molecule has 0 heterocycles. The zero-order valence-corrected chi connectivity index (χ0v) is 13.2. The summed E-state index contributed by atoms with van der Waals surface area (Å²) in [7, 11) is -1.58. The van der Waals surface area contributed by atoms with Gasteiger partial charge in [0, 0.05) is 6.42 Å². The summed E-state index contributed by atoms with van der Waals surface area (Å²) < 4.78 is 0. The van der Waals surface area contributed by atoms with Gasteiger partial charge >= 0.3 is 0 Å². The second-order valence-corrected chi connectivity index (χ2v) is 12.1. The zero-order valence-electron chi connectivity index (χ0n) is 12.2. The molecule has 1 saturated carbocycles. The summed E-state index contributed by atoms with van der Waals surface area (Å²) in [6.45, 7) is 13.4. The highest BCUT2D eigenvalue weighted by Crippen LogP contribution is 2.37. The van der Waals surface area contributed by atoms with Crippen molar-refractivity contribution in [2.75, 3.05) is 0 Å². The van der Waals surface area contributed by atoms with Crippen LogP contribution < -0.4 is 0 Å². The standard InChI is InChI=1S/C15H26OSi/c1-14(2,3)17(5,6)12-11-15(4)10-8-7-9-13(15)16/h7-10H2,1-6H3/t15-/m1/s1. The number of carbonyl (C=O) groups is 1. The summed E-state index contributed by atoms with van der Waals surface area (Å²) in [6, 6.07) is 0. The Bertz CT molecular complexity index is 365. The molecule has 1 aliphatic rings. The fourth-order valence-electron chi connectivity index (χ4n) is 1.79. The second-order valence-electron chi connectivity index (χ2n) is 7.09. The summed E-state index contributed by atoms with van der Waals surface area (Å²) in [5, 5.41) is 0.272. The van der Waals surface area contributed by atoms with E-state index in [2.05, 4.69) is 45.3 Å². The van der Waals surface area contributed by atoms with Crippen molar-refractivity contribution in [3.05, 3.63) is 0 Å². The van der Waals surface area contributed by atoms with Crippen LogP contribution >= 0.6 is 0 Å². The van der Waals surface area contributed by atoms with Crippen LogP contribution in [0, 0.1) is 16.9 Å². The van der Waals surface area contributed by atoms with Gasteiger partial charge in [0.2, 0.25) is 0 Å². The summed E-state index contributed by atoms with van der Waals surface area (Å²) >= 11 is 0. The maximum atomic E-state index is 12.0. The van der Waals surface area contributed by atoms with Crippen LogP contribution in [0.2, 0.25) is 18.1 Å². The highest BCUT2D eigenvalue weighted by atomic mass is 28.3. The summed E-state index contributed by atoms with van der Waals surface area (Å²) in [5.74, 6) is 3.71. The van der Waals surface area contributed by atoms with Gasteiger partial charge in [-0.2, -0.15) is 0 Å². The van der Waals surface area contributed by atoms with Crippen molar-refractivity contribution >= 4 is 13.9 Å². The van der Waals surface area contributed by atoms with Crippen LogP contribution in [0.25, 0.3) is 0 Å². The lowest BCUT2D eigenvalue weighted by Crippen LogP contribution is -2.37. The number of hydrogen-bond donors (Lipinski definition) is 0. The first-order valence-corrected chi connectivity index (χ1v) is 9.66. The predicted molar refractivity (Wildman–Crippen MR) is 76.6 cm³/mol. The van der Waals surface area contributed by atoms with Crippen molar-refractivity contribution in [3.63, 3.8) is 0 Å². The van der Waals surface area contributed by atoms with Crippen molar-refractivity contribution in [3.8, 4) is 11.5 Å². The largest absolute Gasteiger partial charge is 0.298 e. The topological polar surface area (TPSA) is 17.1 Å². The molecule has 1 nitrogen and oxygen atoms in total. The molecule has 0 N–H and O–H groups in total. The van der Waals surface area contributed by atoms with Gasteiger partial charge in [0.05, 0.1) is 5.41 Å². The molecule has 2 heteroatoms. The van der Waals surface area contributed by atoms with Gasteiger partial charge in [0.1, 0.15) is 8.07 Å². The van der Waals surface area contributed by atoms with Gasteiger partial charge in [-0.25, -0.2) is 0 Å². The van der Waals surface area contributed by atoms with E-state index in [4.69, 9.17) is 0 Å². The molecule has 0 aliphatic heterocycles. The van der Waals surface area contributed by atoms with E-state index in [0.29, 0.717) is 5.78 Å². The van der Waals surface area contributed by atoms with Crippen LogP contribution in [0.15, 0.2) is 0 Å². The molecule has 0 radical (unpaired) electrons. The molecular formula is C15H26OSi. The zero-order chi connectivity index (χ0) is 13.3. The van der Waals surface area contributed by atoms with E-state index >= 15 is 0 Å². The quantitative estimate of drug-likeness (QED) is 0.465. The lowest BCUT2D eigenvalue weighted by molar-refractivity contribution is -0.127. The molecule has 0 unspecified atom stereocenters. The van der Waals surface area contributed by atoms with E-state index in [9.17, 15) is 4.79 Å². The highest BCUT2D eigenvalue weighted by molar-refractivity contribution is 6.87. The molecule has 0 aromatic heterocycles. The highest BCUT2D eigenvalue weighted by Gasteiger charge is 2.37. The van der Waals surface area contributed by atoms with E-state index in [1.54, 1.807) is 0 Å². The molecule has 0 amide bonds. The average molecular weight is 250 g/mol. The molecule has 1 atom stereocenters. The first kappa shape index (κ1) is 14.5. The van der Waals surface area contributed by atoms with Gasteiger partial charge in [-0.05, 0) is 24.8 Å². The van der Waals surface area contributed by atoms with E-state index < -0.39 is 8.07 Å². The molecule has 0 saturated heterocycles. The Kier molecular flexibility index (Phi) is 3.93. The maximum absolute atomic E-state index is 12.0. The number of hydrogen-bond acceptors (Lipinski definition) is 1. The third kappa shape index (κ3) is 3.22. The smallest absolute Gasteiger partial charge is 0.150 e. The van der Waals surface area contributed by atoms with Crippen LogP contribution in [0.1, 0.15) is 53.4 Å². The van der Waals surface area contributed by atoms with Crippen molar-refractivity contribution in [1.82, 2.24) is 0 Å². The second kappa shape index (κ2) is 4.61. The van der Waals surface area contributed by atoms with Crippen molar-refractivity contribution < 1.29 is 4.79 Å². The average Bonchev–Trinajstić information content (AvgIpc) is 2.19. The Labute approximate surface area is 107 Å². The van der Waals surface area contributed by atoms with Gasteiger partial charge in [0.15, 0.2) is 5.78 Å². The molecular weight excluding hydrogens is 224 g/mol. The van der Waals surface area contributed by atoms with Crippen LogP contribution in [-0.4, -0.2) is 13.9 Å². The van der Waals surface area contributed by atoms with Crippen molar-refractivity contribution in [2.24, 2.45) is 5.41 Å². The lowest BCUT2D eigenvalue weighted by atomic mass is 9.75. The normalized spacial score (nSPS) is 26.4. The van der Waals surface area contributed by atoms with Crippen LogP contribution in [0.3, 0.4) is 0 Å². The summed E-state index contributed by atoms with van der Waals surface area (Å²) in [5.41, 5.74) is 3.15. The number of Topliss-reactive ketones (excluding diaryl/α,β-unsaturated/α-hetero) is 1. The minimum Gasteiger partial charge on any atom is -0.298 e. The summed E-state index contributed by atoms with van der Waals surface area (Å²) in [6.07, 6.45) is 3.88. The minimum absolute atomic E-state index is 0.272. The number of rotatable bonds is 0. The molecule has 0 aromatic rings. The molecule has 96 valence electrons. The van der Waals surface area contributed by atoms with E-state index in [-0.39, 0.29) is 10.5 Å². The summed E-state index contributed by atoms with van der Waals surface area (Å²) in [4.78, 5) is 12.0. The third-order valence-corrected chi connectivity index (χ3v) is 8.97. The maximum Gasteiger partial charge on any atom is 0.150 e. The Morgan fingerprint density at radius 1 is 1.24 bits per heavy atom.